The Bertz CT molecular complexity index is 1320. The Morgan fingerprint density at radius 3 is 2.69 bits per heavy atom. The summed E-state index contributed by atoms with van der Waals surface area (Å²) in [6, 6.07) is 17.1. The van der Waals surface area contributed by atoms with Gasteiger partial charge in [-0.2, -0.15) is 5.10 Å². The van der Waals surface area contributed by atoms with Gasteiger partial charge in [0.1, 0.15) is 12.3 Å². The first-order valence-corrected chi connectivity index (χ1v) is 14.5. The van der Waals surface area contributed by atoms with Gasteiger partial charge in [-0.25, -0.2) is 0 Å². The molecule has 8 heteroatoms. The van der Waals surface area contributed by atoms with Gasteiger partial charge in [-0.3, -0.25) is 9.80 Å². The van der Waals surface area contributed by atoms with Gasteiger partial charge in [0.05, 0.1) is 30.3 Å². The average molecular weight is 546 g/mol. The van der Waals surface area contributed by atoms with Crippen molar-refractivity contribution in [3.8, 4) is 11.5 Å². The molecule has 0 bridgehead atoms. The van der Waals surface area contributed by atoms with E-state index in [0.717, 1.165) is 53.9 Å². The largest absolute Gasteiger partial charge is 0.493 e. The topological polar surface area (TPSA) is 80.2 Å². The summed E-state index contributed by atoms with van der Waals surface area (Å²) in [6.07, 6.45) is 7.30. The third kappa shape index (κ3) is 6.33. The summed E-state index contributed by atoms with van der Waals surface area (Å²) in [4.78, 5) is 25.3. The smallest absolute Gasteiger partial charge is 0.265 e. The maximum absolute atomic E-state index is 12.5. The minimum absolute atomic E-state index is 0.132. The van der Waals surface area contributed by atoms with E-state index in [9.17, 15) is 9.59 Å². The molecule has 0 radical (unpaired) electrons. The monoisotopic (exact) mass is 545 g/mol. The number of hydrogen-bond acceptors (Lipinski definition) is 7. The molecular formula is C31H35N3O4S. The van der Waals surface area contributed by atoms with Crippen molar-refractivity contribution in [1.82, 2.24) is 5.01 Å². The van der Waals surface area contributed by atoms with Crippen molar-refractivity contribution >= 4 is 34.9 Å². The molecule has 7 nitrogen and oxygen atoms in total. The molecule has 0 saturated heterocycles. The number of carbonyl (C=O) groups is 2. The number of nitrogens with zero attached hydrogens (tertiary/aromatic N) is 2. The lowest BCUT2D eigenvalue weighted by molar-refractivity contribution is -0.113. The third-order valence-corrected chi connectivity index (χ3v) is 8.38. The number of ether oxygens (including phenoxy) is 2. The first-order chi connectivity index (χ1) is 19.1. The van der Waals surface area contributed by atoms with Crippen molar-refractivity contribution in [2.24, 2.45) is 11.0 Å². The lowest BCUT2D eigenvalue weighted by Crippen LogP contribution is -2.41. The van der Waals surface area contributed by atoms with Gasteiger partial charge in [0.15, 0.2) is 11.5 Å². The van der Waals surface area contributed by atoms with Crippen molar-refractivity contribution in [2.75, 3.05) is 12.4 Å². The summed E-state index contributed by atoms with van der Waals surface area (Å²) in [7, 11) is 1.66. The summed E-state index contributed by atoms with van der Waals surface area (Å²) in [5, 5.41) is 11.8. The molecule has 3 aromatic rings. The van der Waals surface area contributed by atoms with E-state index in [1.807, 2.05) is 58.9 Å². The number of benzene rings is 2. The standard InChI is InChI=1S/C31H35N3O4S/c1-3-22-17-25(20-35)34(19-21-8-6-9-24(16-21)32-31(36)29-12-7-15-39-29)33-30(22)23-13-14-27(37-2)28(18-23)38-26-10-4-5-11-26/h6-9,12-16,18,20,22,25-26H,3-5,10-11,17,19H2,1-2H3,(H,32,36). The Kier molecular flexibility index (Phi) is 8.61. The number of hydrazone groups is 1. The Hall–Kier alpha value is -3.65. The number of anilines is 1. The van der Waals surface area contributed by atoms with Crippen LogP contribution in [-0.2, 0) is 11.3 Å². The molecule has 5 rings (SSSR count). The van der Waals surface area contributed by atoms with Gasteiger partial charge in [0.2, 0.25) is 0 Å². The molecule has 1 N–H and O–H groups in total. The molecule has 1 amide bonds. The summed E-state index contributed by atoms with van der Waals surface area (Å²) in [5.41, 5.74) is 3.62. The molecule has 0 spiro atoms. The molecule has 2 aliphatic rings. The predicted octanol–water partition coefficient (Wildman–Crippen LogP) is 6.53. The van der Waals surface area contributed by atoms with Gasteiger partial charge in [-0.1, -0.05) is 25.1 Å². The molecule has 204 valence electrons. The maximum atomic E-state index is 12.5. The fourth-order valence-electron chi connectivity index (χ4n) is 5.40. The number of rotatable bonds is 10. The van der Waals surface area contributed by atoms with E-state index in [1.165, 1.54) is 24.2 Å². The van der Waals surface area contributed by atoms with E-state index in [0.29, 0.717) is 23.5 Å². The van der Waals surface area contributed by atoms with Crippen LogP contribution >= 0.6 is 11.3 Å². The highest BCUT2D eigenvalue weighted by molar-refractivity contribution is 7.12. The zero-order valence-corrected chi connectivity index (χ0v) is 23.3. The van der Waals surface area contributed by atoms with Gasteiger partial charge in [0, 0.05) is 17.2 Å². The minimum atomic E-state index is -0.324. The first kappa shape index (κ1) is 26.9. The quantitative estimate of drug-likeness (QED) is 0.293. The van der Waals surface area contributed by atoms with Crippen LogP contribution in [0, 0.1) is 5.92 Å². The summed E-state index contributed by atoms with van der Waals surface area (Å²) < 4.78 is 11.9. The highest BCUT2D eigenvalue weighted by Gasteiger charge is 2.31. The van der Waals surface area contributed by atoms with Gasteiger partial charge < -0.3 is 19.6 Å². The van der Waals surface area contributed by atoms with E-state index >= 15 is 0 Å². The van der Waals surface area contributed by atoms with E-state index in [4.69, 9.17) is 14.6 Å². The van der Waals surface area contributed by atoms with Crippen LogP contribution in [0.5, 0.6) is 11.5 Å². The molecule has 2 heterocycles. The van der Waals surface area contributed by atoms with Crippen LogP contribution in [0.2, 0.25) is 0 Å². The van der Waals surface area contributed by atoms with E-state index in [2.05, 4.69) is 12.2 Å². The summed E-state index contributed by atoms with van der Waals surface area (Å²) in [6.45, 7) is 2.59. The molecule has 2 atom stereocenters. The number of thiophene rings is 1. The highest BCUT2D eigenvalue weighted by Crippen LogP contribution is 2.35. The number of hydrogen-bond donors (Lipinski definition) is 1. The van der Waals surface area contributed by atoms with Gasteiger partial charge in [-0.15, -0.1) is 11.3 Å². The van der Waals surface area contributed by atoms with E-state index in [-0.39, 0.29) is 24.0 Å². The zero-order chi connectivity index (χ0) is 27.2. The van der Waals surface area contributed by atoms with Gasteiger partial charge >= 0.3 is 0 Å². The Labute approximate surface area is 233 Å². The van der Waals surface area contributed by atoms with Crippen molar-refractivity contribution in [3.63, 3.8) is 0 Å². The van der Waals surface area contributed by atoms with Crippen LogP contribution in [0.3, 0.4) is 0 Å². The second-order valence-electron chi connectivity index (χ2n) is 10.1. The molecule has 2 aromatic carbocycles. The fraction of sp³-hybridized carbons (Fsp3) is 0.387. The highest BCUT2D eigenvalue weighted by atomic mass is 32.1. The lowest BCUT2D eigenvalue weighted by Gasteiger charge is -2.35. The molecular weight excluding hydrogens is 510 g/mol. The SMILES string of the molecule is CCC1CC(C=O)N(Cc2cccc(NC(=O)c3cccs3)c2)N=C1c1ccc(OC)c(OC2CCCC2)c1. The number of amides is 1. The second-order valence-corrected chi connectivity index (χ2v) is 11.1. The number of nitrogens with one attached hydrogen (secondary N) is 1. The first-order valence-electron chi connectivity index (χ1n) is 13.7. The van der Waals surface area contributed by atoms with Crippen LogP contribution in [0.25, 0.3) is 0 Å². The van der Waals surface area contributed by atoms with Crippen molar-refractivity contribution in [2.45, 2.75) is 64.1 Å². The lowest BCUT2D eigenvalue weighted by atomic mass is 9.87. The Morgan fingerprint density at radius 2 is 1.97 bits per heavy atom. The van der Waals surface area contributed by atoms with Crippen LogP contribution in [0.4, 0.5) is 5.69 Å². The summed E-state index contributed by atoms with van der Waals surface area (Å²) >= 11 is 1.40. The van der Waals surface area contributed by atoms with Crippen molar-refractivity contribution in [3.05, 3.63) is 76.0 Å². The number of carbonyl (C=O) groups excluding carboxylic acids is 2. The van der Waals surface area contributed by atoms with Gasteiger partial charge in [-0.05, 0) is 85.9 Å². The molecule has 2 unspecified atom stereocenters. The molecule has 39 heavy (non-hydrogen) atoms. The van der Waals surface area contributed by atoms with Crippen molar-refractivity contribution < 1.29 is 19.1 Å². The predicted molar refractivity (Wildman–Crippen MR) is 155 cm³/mol. The van der Waals surface area contributed by atoms with Crippen molar-refractivity contribution in [1.29, 1.82) is 0 Å². The molecule has 1 aliphatic heterocycles. The third-order valence-electron chi connectivity index (χ3n) is 7.51. The zero-order valence-electron chi connectivity index (χ0n) is 22.5. The molecule has 1 saturated carbocycles. The fourth-order valence-corrected chi connectivity index (χ4v) is 6.02. The van der Waals surface area contributed by atoms with E-state index in [1.54, 1.807) is 13.2 Å². The second kappa shape index (κ2) is 12.5. The molecule has 1 aliphatic carbocycles. The average Bonchev–Trinajstić information content (AvgIpc) is 3.68. The Balaban J connectivity index is 1.40. The van der Waals surface area contributed by atoms with Crippen LogP contribution < -0.4 is 14.8 Å². The maximum Gasteiger partial charge on any atom is 0.265 e. The normalized spacial score (nSPS) is 19.4. The Morgan fingerprint density at radius 1 is 1.13 bits per heavy atom. The number of methoxy groups -OCH3 is 1. The summed E-state index contributed by atoms with van der Waals surface area (Å²) in [5.74, 6) is 1.49. The molecule has 1 aromatic heterocycles. The minimum Gasteiger partial charge on any atom is -0.493 e. The molecule has 1 fully saturated rings. The van der Waals surface area contributed by atoms with Crippen LogP contribution in [-0.4, -0.2) is 42.2 Å². The van der Waals surface area contributed by atoms with Gasteiger partial charge in [0.25, 0.3) is 5.91 Å². The van der Waals surface area contributed by atoms with Crippen LogP contribution in [0.15, 0.2) is 65.1 Å². The van der Waals surface area contributed by atoms with Crippen LogP contribution in [0.1, 0.15) is 66.2 Å². The number of aldehydes is 1. The van der Waals surface area contributed by atoms with E-state index < -0.39 is 0 Å².